The summed E-state index contributed by atoms with van der Waals surface area (Å²) < 4.78 is 0. The van der Waals surface area contributed by atoms with E-state index in [0.717, 1.165) is 57.2 Å². The zero-order valence-electron chi connectivity index (χ0n) is 16.3. The van der Waals surface area contributed by atoms with Crippen LogP contribution in [-0.4, -0.2) is 29.8 Å². The third kappa shape index (κ3) is 3.56. The van der Waals surface area contributed by atoms with Crippen molar-refractivity contribution in [2.75, 3.05) is 13.1 Å². The first-order chi connectivity index (χ1) is 13.6. The van der Waals surface area contributed by atoms with Crippen LogP contribution in [0.2, 0.25) is 0 Å². The summed E-state index contributed by atoms with van der Waals surface area (Å²) in [5.74, 6) is 0.349. The van der Waals surface area contributed by atoms with Crippen LogP contribution in [0.25, 0.3) is 0 Å². The third-order valence-corrected chi connectivity index (χ3v) is 6.50. The van der Waals surface area contributed by atoms with Crippen LogP contribution in [-0.2, 0) is 16.6 Å². The van der Waals surface area contributed by atoms with E-state index in [9.17, 15) is 9.59 Å². The monoisotopic (exact) mass is 376 g/mol. The van der Waals surface area contributed by atoms with Gasteiger partial charge < -0.3 is 10.6 Å². The van der Waals surface area contributed by atoms with E-state index in [-0.39, 0.29) is 5.41 Å². The minimum atomic E-state index is -0.392. The van der Waals surface area contributed by atoms with Gasteiger partial charge in [0.25, 0.3) is 0 Å². The van der Waals surface area contributed by atoms with Crippen molar-refractivity contribution < 1.29 is 9.59 Å². The molecule has 1 atom stereocenters. The van der Waals surface area contributed by atoms with Crippen LogP contribution >= 0.6 is 0 Å². The maximum absolute atomic E-state index is 13.6. The number of amides is 2. The highest BCUT2D eigenvalue weighted by Crippen LogP contribution is 2.43. The Morgan fingerprint density at radius 1 is 1.04 bits per heavy atom. The minimum Gasteiger partial charge on any atom is -0.366 e. The summed E-state index contributed by atoms with van der Waals surface area (Å²) in [4.78, 5) is 27.1. The fourth-order valence-electron chi connectivity index (χ4n) is 5.03. The Hall–Kier alpha value is -2.62. The van der Waals surface area contributed by atoms with Crippen LogP contribution < -0.4 is 5.73 Å². The predicted molar refractivity (Wildman–Crippen MR) is 110 cm³/mol. The number of nitrogens with two attached hydrogens (primary N) is 1. The zero-order chi connectivity index (χ0) is 19.6. The SMILES string of the molecule is NC(=O)c1cccc(CC2CCN(C(=O)C3(c4ccccc4)CCCC3)C2)c1. The zero-order valence-corrected chi connectivity index (χ0v) is 16.3. The summed E-state index contributed by atoms with van der Waals surface area (Å²) in [5, 5.41) is 0. The van der Waals surface area contributed by atoms with Crippen molar-refractivity contribution in [3.8, 4) is 0 Å². The number of primary amides is 1. The lowest BCUT2D eigenvalue weighted by molar-refractivity contribution is -0.136. The van der Waals surface area contributed by atoms with Crippen LogP contribution in [0.4, 0.5) is 0 Å². The number of carbonyl (C=O) groups excluding carboxylic acids is 2. The van der Waals surface area contributed by atoms with Gasteiger partial charge in [0.1, 0.15) is 0 Å². The van der Waals surface area contributed by atoms with Gasteiger partial charge in [0, 0.05) is 18.7 Å². The molecular weight excluding hydrogens is 348 g/mol. The predicted octanol–water partition coefficient (Wildman–Crippen LogP) is 3.69. The fraction of sp³-hybridized carbons (Fsp3) is 0.417. The molecule has 4 nitrogen and oxygen atoms in total. The smallest absolute Gasteiger partial charge is 0.248 e. The molecule has 2 aromatic rings. The second-order valence-corrected chi connectivity index (χ2v) is 8.33. The highest BCUT2D eigenvalue weighted by Gasteiger charge is 2.46. The van der Waals surface area contributed by atoms with Gasteiger partial charge in [-0.05, 0) is 54.9 Å². The van der Waals surface area contributed by atoms with Gasteiger partial charge in [0.05, 0.1) is 5.41 Å². The van der Waals surface area contributed by atoms with Crippen molar-refractivity contribution in [2.45, 2.75) is 43.9 Å². The van der Waals surface area contributed by atoms with Gasteiger partial charge >= 0.3 is 0 Å². The molecule has 2 N–H and O–H groups in total. The normalized spacial score (nSPS) is 21.0. The van der Waals surface area contributed by atoms with Crippen LogP contribution in [0.3, 0.4) is 0 Å². The summed E-state index contributed by atoms with van der Waals surface area (Å²) in [6.45, 7) is 1.63. The highest BCUT2D eigenvalue weighted by atomic mass is 16.2. The molecule has 146 valence electrons. The van der Waals surface area contributed by atoms with E-state index in [1.165, 1.54) is 5.56 Å². The number of hydrogen-bond acceptors (Lipinski definition) is 2. The van der Waals surface area contributed by atoms with Crippen molar-refractivity contribution in [1.82, 2.24) is 4.90 Å². The lowest BCUT2D eigenvalue weighted by Gasteiger charge is -2.33. The Bertz CT molecular complexity index is 856. The quantitative estimate of drug-likeness (QED) is 0.865. The van der Waals surface area contributed by atoms with Gasteiger partial charge in [0.15, 0.2) is 0 Å². The van der Waals surface area contributed by atoms with E-state index in [2.05, 4.69) is 17.0 Å². The maximum atomic E-state index is 13.6. The van der Waals surface area contributed by atoms with E-state index in [0.29, 0.717) is 17.4 Å². The van der Waals surface area contributed by atoms with Gasteiger partial charge in [-0.3, -0.25) is 9.59 Å². The molecule has 4 heteroatoms. The lowest BCUT2D eigenvalue weighted by atomic mass is 9.77. The molecule has 2 aliphatic rings. The Morgan fingerprint density at radius 2 is 1.79 bits per heavy atom. The van der Waals surface area contributed by atoms with E-state index >= 15 is 0 Å². The summed E-state index contributed by atoms with van der Waals surface area (Å²) in [6.07, 6.45) is 6.05. The minimum absolute atomic E-state index is 0.310. The molecule has 1 aliphatic carbocycles. The average molecular weight is 377 g/mol. The van der Waals surface area contributed by atoms with E-state index < -0.39 is 5.91 Å². The second-order valence-electron chi connectivity index (χ2n) is 8.33. The molecule has 28 heavy (non-hydrogen) atoms. The third-order valence-electron chi connectivity index (χ3n) is 6.50. The molecule has 0 aromatic heterocycles. The van der Waals surface area contributed by atoms with Gasteiger partial charge in [-0.25, -0.2) is 0 Å². The Kier molecular flexibility index (Phi) is 5.21. The van der Waals surface area contributed by atoms with Gasteiger partial charge in [-0.15, -0.1) is 0 Å². The first-order valence-electron chi connectivity index (χ1n) is 10.3. The molecule has 1 aliphatic heterocycles. The summed E-state index contributed by atoms with van der Waals surface area (Å²) in [5.41, 5.74) is 7.92. The molecule has 1 unspecified atom stereocenters. The van der Waals surface area contributed by atoms with Crippen molar-refractivity contribution in [1.29, 1.82) is 0 Å². The lowest BCUT2D eigenvalue weighted by Crippen LogP contribution is -2.44. The number of likely N-dealkylation sites (tertiary alicyclic amines) is 1. The van der Waals surface area contributed by atoms with E-state index in [1.54, 1.807) is 6.07 Å². The van der Waals surface area contributed by atoms with Crippen LogP contribution in [0.5, 0.6) is 0 Å². The molecule has 0 bridgehead atoms. The van der Waals surface area contributed by atoms with E-state index in [1.807, 2.05) is 36.4 Å². The highest BCUT2D eigenvalue weighted by molar-refractivity contribution is 5.93. The number of carbonyl (C=O) groups is 2. The number of hydrogen-bond donors (Lipinski definition) is 1. The maximum Gasteiger partial charge on any atom is 0.248 e. The Morgan fingerprint density at radius 3 is 2.50 bits per heavy atom. The van der Waals surface area contributed by atoms with Gasteiger partial charge in [-0.1, -0.05) is 55.3 Å². The summed E-state index contributed by atoms with van der Waals surface area (Å²) in [6, 6.07) is 17.9. The van der Waals surface area contributed by atoms with Gasteiger partial charge in [0.2, 0.25) is 11.8 Å². The molecule has 2 fully saturated rings. The van der Waals surface area contributed by atoms with E-state index in [4.69, 9.17) is 5.73 Å². The molecule has 2 amide bonds. The molecule has 0 spiro atoms. The van der Waals surface area contributed by atoms with Gasteiger partial charge in [-0.2, -0.15) is 0 Å². The summed E-state index contributed by atoms with van der Waals surface area (Å²) >= 11 is 0. The molecule has 1 saturated heterocycles. The van der Waals surface area contributed by atoms with Crippen LogP contribution in [0, 0.1) is 5.92 Å². The molecular formula is C24H28N2O2. The standard InChI is InChI=1S/C24H28N2O2/c25-22(27)20-8-6-7-18(16-20)15-19-11-14-26(17-19)23(28)24(12-4-5-13-24)21-9-2-1-3-10-21/h1-3,6-10,16,19H,4-5,11-15,17H2,(H2,25,27). The first kappa shape index (κ1) is 18.7. The van der Waals surface area contributed by atoms with Crippen molar-refractivity contribution in [3.05, 3.63) is 71.3 Å². The number of benzene rings is 2. The largest absolute Gasteiger partial charge is 0.366 e. The fourth-order valence-corrected chi connectivity index (χ4v) is 5.03. The second kappa shape index (κ2) is 7.78. The molecule has 4 rings (SSSR count). The molecule has 1 saturated carbocycles. The molecule has 0 radical (unpaired) electrons. The molecule has 1 heterocycles. The van der Waals surface area contributed by atoms with Crippen molar-refractivity contribution in [2.24, 2.45) is 11.7 Å². The van der Waals surface area contributed by atoms with Crippen molar-refractivity contribution in [3.63, 3.8) is 0 Å². The molecule has 2 aromatic carbocycles. The summed E-state index contributed by atoms with van der Waals surface area (Å²) in [7, 11) is 0. The number of rotatable bonds is 5. The topological polar surface area (TPSA) is 63.4 Å². The first-order valence-corrected chi connectivity index (χ1v) is 10.3. The van der Waals surface area contributed by atoms with Crippen LogP contribution in [0.1, 0.15) is 53.6 Å². The van der Waals surface area contributed by atoms with Crippen molar-refractivity contribution >= 4 is 11.8 Å². The Labute approximate surface area is 166 Å². The average Bonchev–Trinajstić information content (AvgIpc) is 3.39. The number of nitrogens with zero attached hydrogens (tertiary/aromatic N) is 1. The Balaban J connectivity index is 1.47. The van der Waals surface area contributed by atoms with Crippen LogP contribution in [0.15, 0.2) is 54.6 Å².